The Morgan fingerprint density at radius 3 is 2.51 bits per heavy atom. The lowest BCUT2D eigenvalue weighted by atomic mass is 9.94. The maximum absolute atomic E-state index is 12.8. The number of carbonyl (C=O) groups is 1. The minimum absolute atomic E-state index is 0.104. The van der Waals surface area contributed by atoms with Crippen molar-refractivity contribution >= 4 is 27.7 Å². The van der Waals surface area contributed by atoms with Gasteiger partial charge in [0.15, 0.2) is 0 Å². The fourth-order valence-corrected chi connectivity index (χ4v) is 6.23. The number of phenolic OH excluding ortho intramolecular Hbond substituents is 1. The van der Waals surface area contributed by atoms with Crippen molar-refractivity contribution in [1.29, 1.82) is 0 Å². The molecule has 6 nitrogen and oxygen atoms in total. The molecule has 1 unspecified atom stereocenters. The molecule has 1 atom stereocenters. The second kappa shape index (κ2) is 10.3. The molecule has 6 heteroatoms. The summed E-state index contributed by atoms with van der Waals surface area (Å²) in [6.45, 7) is 1.38. The van der Waals surface area contributed by atoms with E-state index in [1.54, 1.807) is 18.2 Å². The predicted molar refractivity (Wildman–Crippen MR) is 163 cm³/mol. The van der Waals surface area contributed by atoms with E-state index in [1.165, 1.54) is 22.0 Å². The smallest absolute Gasteiger partial charge is 0.252 e. The lowest BCUT2D eigenvalue weighted by molar-refractivity contribution is 0.0960. The molecule has 5 N–H and O–H groups in total. The largest absolute Gasteiger partial charge is 0.508 e. The van der Waals surface area contributed by atoms with Crippen molar-refractivity contribution in [3.63, 3.8) is 0 Å². The van der Waals surface area contributed by atoms with Crippen molar-refractivity contribution in [2.24, 2.45) is 5.73 Å². The number of aromatic nitrogens is 2. The van der Waals surface area contributed by atoms with Crippen LogP contribution in [0.3, 0.4) is 0 Å². The van der Waals surface area contributed by atoms with E-state index in [-0.39, 0.29) is 17.7 Å². The van der Waals surface area contributed by atoms with Gasteiger partial charge in [0, 0.05) is 52.5 Å². The number of benzene rings is 4. The molecular formula is C35H32N4O2. The highest BCUT2D eigenvalue weighted by Gasteiger charge is 2.33. The number of rotatable bonds is 8. The van der Waals surface area contributed by atoms with Crippen LogP contribution in [0.15, 0.2) is 97.2 Å². The number of aromatic hydroxyl groups is 1. The summed E-state index contributed by atoms with van der Waals surface area (Å²) in [5.41, 5.74) is 15.4. The van der Waals surface area contributed by atoms with Crippen molar-refractivity contribution in [3.05, 3.63) is 136 Å². The van der Waals surface area contributed by atoms with E-state index in [0.29, 0.717) is 12.1 Å². The van der Waals surface area contributed by atoms with Gasteiger partial charge in [0.05, 0.1) is 6.04 Å². The number of nitrogens with two attached hydrogens (primary N) is 1. The van der Waals surface area contributed by atoms with Gasteiger partial charge in [-0.15, -0.1) is 0 Å². The second-order valence-corrected chi connectivity index (χ2v) is 11.0. The van der Waals surface area contributed by atoms with E-state index in [4.69, 9.17) is 5.73 Å². The molecule has 2 aromatic heterocycles. The number of phenols is 1. The van der Waals surface area contributed by atoms with Crippen LogP contribution in [0.25, 0.3) is 21.8 Å². The summed E-state index contributed by atoms with van der Waals surface area (Å²) in [6, 6.07) is 30.4. The number of fused-ring (bicyclic) bond motifs is 3. The van der Waals surface area contributed by atoms with Crippen molar-refractivity contribution < 1.29 is 9.90 Å². The zero-order valence-electron chi connectivity index (χ0n) is 22.7. The molecule has 7 rings (SSSR count). The Morgan fingerprint density at radius 2 is 1.66 bits per heavy atom. The number of para-hydroxylation sites is 1. The first-order chi connectivity index (χ1) is 20.1. The highest BCUT2D eigenvalue weighted by molar-refractivity contribution is 6.01. The van der Waals surface area contributed by atoms with Crippen LogP contribution in [0.4, 0.5) is 0 Å². The van der Waals surface area contributed by atoms with Gasteiger partial charge in [-0.05, 0) is 83.3 Å². The minimum Gasteiger partial charge on any atom is -0.508 e. The Bertz CT molecular complexity index is 1900. The number of aromatic amines is 1. The minimum atomic E-state index is -0.297. The van der Waals surface area contributed by atoms with E-state index in [2.05, 4.69) is 81.7 Å². The summed E-state index contributed by atoms with van der Waals surface area (Å²) in [5, 5.41) is 15.7. The second-order valence-electron chi connectivity index (χ2n) is 11.0. The molecule has 0 radical (unpaired) electrons. The molecule has 3 heterocycles. The molecule has 1 aliphatic heterocycles. The Kier molecular flexibility index (Phi) is 6.33. The van der Waals surface area contributed by atoms with Crippen molar-refractivity contribution in [2.45, 2.75) is 38.4 Å². The van der Waals surface area contributed by atoms with Gasteiger partial charge in [0.1, 0.15) is 5.75 Å². The fraction of sp³-hybridized carbons (Fsp3) is 0.171. The standard InChI is InChI=1S/C35H32N4O2/c36-20-23-8-10-24(11-9-23)21-39-17-16-25-13-12-22(18-32(25)39)4-3-7-31-33(28-5-1-2-6-30(28)37-31)34-29-19-26(40)14-15-27(29)35(41)38-34/h1-2,5-6,8-19,34,37,40H,3-4,7,20-21,36H2,(H,38,41). The predicted octanol–water partition coefficient (Wildman–Crippen LogP) is 6.34. The number of hydrogen-bond donors (Lipinski definition) is 4. The van der Waals surface area contributed by atoms with E-state index >= 15 is 0 Å². The molecule has 1 amide bonds. The van der Waals surface area contributed by atoms with Crippen LogP contribution in [-0.4, -0.2) is 20.6 Å². The van der Waals surface area contributed by atoms with Crippen LogP contribution < -0.4 is 11.1 Å². The summed E-state index contributed by atoms with van der Waals surface area (Å²) < 4.78 is 2.31. The third kappa shape index (κ3) is 4.66. The monoisotopic (exact) mass is 540 g/mol. The number of amides is 1. The highest BCUT2D eigenvalue weighted by atomic mass is 16.3. The Hall–Kier alpha value is -4.81. The van der Waals surface area contributed by atoms with E-state index in [1.807, 2.05) is 12.1 Å². The first-order valence-electron chi connectivity index (χ1n) is 14.2. The van der Waals surface area contributed by atoms with E-state index < -0.39 is 0 Å². The first-order valence-corrected chi connectivity index (χ1v) is 14.2. The van der Waals surface area contributed by atoms with Crippen molar-refractivity contribution in [3.8, 4) is 5.75 Å². The van der Waals surface area contributed by atoms with Gasteiger partial charge in [-0.3, -0.25) is 4.79 Å². The quantitative estimate of drug-likeness (QED) is 0.181. The average molecular weight is 541 g/mol. The van der Waals surface area contributed by atoms with Crippen LogP contribution in [-0.2, 0) is 25.9 Å². The van der Waals surface area contributed by atoms with Crippen LogP contribution in [0, 0.1) is 0 Å². The summed E-state index contributed by atoms with van der Waals surface area (Å²) in [7, 11) is 0. The number of nitrogens with zero attached hydrogens (tertiary/aromatic N) is 1. The van der Waals surface area contributed by atoms with E-state index in [0.717, 1.165) is 59.1 Å². The van der Waals surface area contributed by atoms with E-state index in [9.17, 15) is 9.90 Å². The molecule has 6 aromatic rings. The lowest BCUT2D eigenvalue weighted by Crippen LogP contribution is -2.20. The Labute approximate surface area is 238 Å². The van der Waals surface area contributed by atoms with Gasteiger partial charge < -0.3 is 25.7 Å². The number of carbonyl (C=O) groups excluding carboxylic acids is 1. The average Bonchev–Trinajstić information content (AvgIpc) is 3.66. The molecule has 0 bridgehead atoms. The van der Waals surface area contributed by atoms with Gasteiger partial charge in [-0.2, -0.15) is 0 Å². The van der Waals surface area contributed by atoms with Crippen LogP contribution in [0.1, 0.15) is 56.3 Å². The molecule has 0 aliphatic carbocycles. The van der Waals surface area contributed by atoms with Gasteiger partial charge in [-0.1, -0.05) is 54.6 Å². The normalized spacial score (nSPS) is 14.6. The maximum Gasteiger partial charge on any atom is 0.252 e. The van der Waals surface area contributed by atoms with Gasteiger partial charge in [0.25, 0.3) is 5.91 Å². The SMILES string of the molecule is NCc1ccc(Cn2ccc3ccc(CCCc4[nH]c5ccccc5c4C4NC(=O)c5ccc(O)cc54)cc32)cc1. The summed E-state index contributed by atoms with van der Waals surface area (Å²) in [5.74, 6) is 0.0622. The molecule has 1 aliphatic rings. The number of H-pyrrole nitrogens is 1. The molecule has 204 valence electrons. The summed E-state index contributed by atoms with van der Waals surface area (Å²) >= 11 is 0. The van der Waals surface area contributed by atoms with Crippen molar-refractivity contribution in [2.75, 3.05) is 0 Å². The fourth-order valence-electron chi connectivity index (χ4n) is 6.23. The highest BCUT2D eigenvalue weighted by Crippen LogP contribution is 2.39. The van der Waals surface area contributed by atoms with Crippen molar-refractivity contribution in [1.82, 2.24) is 14.9 Å². The molecule has 0 fully saturated rings. The zero-order chi connectivity index (χ0) is 27.9. The van der Waals surface area contributed by atoms with Crippen LogP contribution >= 0.6 is 0 Å². The molecule has 41 heavy (non-hydrogen) atoms. The first kappa shape index (κ1) is 25.2. The van der Waals surface area contributed by atoms with Gasteiger partial charge in [-0.25, -0.2) is 0 Å². The Morgan fingerprint density at radius 1 is 0.854 bits per heavy atom. The number of hydrogen-bond acceptors (Lipinski definition) is 3. The molecule has 0 spiro atoms. The number of nitrogens with one attached hydrogen (secondary N) is 2. The number of aryl methyl sites for hydroxylation is 2. The lowest BCUT2D eigenvalue weighted by Gasteiger charge is -2.15. The third-order valence-electron chi connectivity index (χ3n) is 8.32. The maximum atomic E-state index is 12.8. The molecule has 4 aromatic carbocycles. The summed E-state index contributed by atoms with van der Waals surface area (Å²) in [4.78, 5) is 16.4. The third-order valence-corrected chi connectivity index (χ3v) is 8.32. The Balaban J connectivity index is 1.13. The molecule has 0 saturated carbocycles. The van der Waals surface area contributed by atoms with Gasteiger partial charge in [0.2, 0.25) is 0 Å². The van der Waals surface area contributed by atoms with Crippen LogP contribution in [0.2, 0.25) is 0 Å². The molecule has 0 saturated heterocycles. The topological polar surface area (TPSA) is 96.1 Å². The van der Waals surface area contributed by atoms with Crippen LogP contribution in [0.5, 0.6) is 5.75 Å². The molecular weight excluding hydrogens is 508 g/mol. The zero-order valence-corrected chi connectivity index (χ0v) is 22.7. The summed E-state index contributed by atoms with van der Waals surface area (Å²) in [6.07, 6.45) is 4.90. The van der Waals surface area contributed by atoms with Gasteiger partial charge >= 0.3 is 0 Å².